The molecule has 0 saturated carbocycles. The molecule has 0 bridgehead atoms. The molecule has 122 valence electrons. The summed E-state index contributed by atoms with van der Waals surface area (Å²) < 4.78 is 5.73. The minimum absolute atomic E-state index is 0.170. The third-order valence-corrected chi connectivity index (χ3v) is 3.90. The number of amides is 1. The molecular weight excluding hydrogens is 294 g/mol. The van der Waals surface area contributed by atoms with Crippen molar-refractivity contribution in [3.05, 3.63) is 46.7 Å². The van der Waals surface area contributed by atoms with E-state index in [1.54, 1.807) is 19.1 Å². The molecule has 2 aromatic rings. The molecule has 0 aliphatic rings. The monoisotopic (exact) mass is 315 g/mol. The highest BCUT2D eigenvalue weighted by Gasteiger charge is 2.24. The first kappa shape index (κ1) is 16.8. The van der Waals surface area contributed by atoms with Crippen LogP contribution in [0.5, 0.6) is 0 Å². The quantitative estimate of drug-likeness (QED) is 0.828. The van der Waals surface area contributed by atoms with E-state index < -0.39 is 17.9 Å². The highest BCUT2D eigenvalue weighted by Crippen LogP contribution is 2.30. The lowest BCUT2D eigenvalue weighted by atomic mass is 10.0. The van der Waals surface area contributed by atoms with Gasteiger partial charge in [-0.25, -0.2) is 4.79 Å². The van der Waals surface area contributed by atoms with Crippen LogP contribution in [0.15, 0.2) is 28.7 Å². The molecular formula is C18H21NO4. The largest absolute Gasteiger partial charge is 0.480 e. The summed E-state index contributed by atoms with van der Waals surface area (Å²) in [5.41, 5.74) is 3.37. The van der Waals surface area contributed by atoms with Crippen molar-refractivity contribution in [2.24, 2.45) is 0 Å². The summed E-state index contributed by atoms with van der Waals surface area (Å²) in [6.45, 7) is 7.49. The van der Waals surface area contributed by atoms with Crippen molar-refractivity contribution in [1.82, 2.24) is 5.32 Å². The van der Waals surface area contributed by atoms with E-state index in [0.29, 0.717) is 5.58 Å². The SMILES string of the molecule is C/C=C/CC(NC(=O)c1oc2c(C)ccc(C)c2c1C)C(=O)O. The summed E-state index contributed by atoms with van der Waals surface area (Å²) in [5.74, 6) is -1.41. The van der Waals surface area contributed by atoms with E-state index in [0.717, 1.165) is 22.1 Å². The Morgan fingerprint density at radius 3 is 2.48 bits per heavy atom. The minimum Gasteiger partial charge on any atom is -0.480 e. The summed E-state index contributed by atoms with van der Waals surface area (Å²) in [7, 11) is 0. The highest BCUT2D eigenvalue weighted by molar-refractivity contribution is 6.01. The van der Waals surface area contributed by atoms with Gasteiger partial charge in [-0.3, -0.25) is 4.79 Å². The Morgan fingerprint density at radius 2 is 1.91 bits per heavy atom. The summed E-state index contributed by atoms with van der Waals surface area (Å²) in [6.07, 6.45) is 3.69. The van der Waals surface area contributed by atoms with Crippen LogP contribution in [0.2, 0.25) is 0 Å². The predicted molar refractivity (Wildman–Crippen MR) is 88.7 cm³/mol. The Hall–Kier alpha value is -2.56. The van der Waals surface area contributed by atoms with Crippen LogP contribution in [-0.2, 0) is 4.79 Å². The molecule has 0 spiro atoms. The van der Waals surface area contributed by atoms with Crippen LogP contribution < -0.4 is 5.32 Å². The van der Waals surface area contributed by atoms with Crippen LogP contribution in [-0.4, -0.2) is 23.0 Å². The molecule has 0 aliphatic heterocycles. The van der Waals surface area contributed by atoms with E-state index in [1.165, 1.54) is 0 Å². The number of carbonyl (C=O) groups is 2. The molecule has 5 heteroatoms. The molecule has 5 nitrogen and oxygen atoms in total. The van der Waals surface area contributed by atoms with Gasteiger partial charge in [-0.2, -0.15) is 0 Å². The second-order valence-electron chi connectivity index (χ2n) is 5.63. The maximum atomic E-state index is 12.4. The number of hydrogen-bond acceptors (Lipinski definition) is 3. The summed E-state index contributed by atoms with van der Waals surface area (Å²) in [4.78, 5) is 23.7. The number of fused-ring (bicyclic) bond motifs is 1. The van der Waals surface area contributed by atoms with Crippen molar-refractivity contribution >= 4 is 22.8 Å². The van der Waals surface area contributed by atoms with Gasteiger partial charge in [0, 0.05) is 10.9 Å². The second-order valence-corrected chi connectivity index (χ2v) is 5.63. The first-order valence-corrected chi connectivity index (χ1v) is 7.51. The highest BCUT2D eigenvalue weighted by atomic mass is 16.4. The number of furan rings is 1. The topological polar surface area (TPSA) is 79.5 Å². The lowest BCUT2D eigenvalue weighted by Gasteiger charge is -2.11. The number of rotatable bonds is 5. The number of aliphatic carboxylic acids is 1. The Labute approximate surface area is 135 Å². The van der Waals surface area contributed by atoms with Gasteiger partial charge < -0.3 is 14.8 Å². The Bertz CT molecular complexity index is 786. The molecule has 1 amide bonds. The molecule has 23 heavy (non-hydrogen) atoms. The first-order chi connectivity index (χ1) is 10.9. The van der Waals surface area contributed by atoms with E-state index in [4.69, 9.17) is 4.42 Å². The number of hydrogen-bond donors (Lipinski definition) is 2. The lowest BCUT2D eigenvalue weighted by molar-refractivity contribution is -0.139. The van der Waals surface area contributed by atoms with Gasteiger partial charge in [0.1, 0.15) is 11.6 Å². The van der Waals surface area contributed by atoms with Crippen molar-refractivity contribution in [2.75, 3.05) is 0 Å². The van der Waals surface area contributed by atoms with E-state index in [1.807, 2.05) is 32.9 Å². The fraction of sp³-hybridized carbons (Fsp3) is 0.333. The van der Waals surface area contributed by atoms with Crippen LogP contribution in [0.1, 0.15) is 40.6 Å². The molecule has 2 rings (SSSR count). The standard InChI is InChI=1S/C18H21NO4/c1-5-6-7-13(18(21)22)19-17(20)16-12(4)14-10(2)8-9-11(3)15(14)23-16/h5-6,8-9,13H,7H2,1-4H3,(H,19,20)(H,21,22)/b6-5+. The van der Waals surface area contributed by atoms with Crippen molar-refractivity contribution in [2.45, 2.75) is 40.2 Å². The van der Waals surface area contributed by atoms with E-state index in [9.17, 15) is 14.7 Å². The van der Waals surface area contributed by atoms with Gasteiger partial charge in [-0.15, -0.1) is 0 Å². The van der Waals surface area contributed by atoms with Crippen LogP contribution >= 0.6 is 0 Å². The summed E-state index contributed by atoms with van der Waals surface area (Å²) in [5, 5.41) is 12.7. The number of aryl methyl sites for hydroxylation is 3. The molecule has 1 aromatic heterocycles. The first-order valence-electron chi connectivity index (χ1n) is 7.51. The van der Waals surface area contributed by atoms with Gasteiger partial charge in [0.2, 0.25) is 0 Å². The van der Waals surface area contributed by atoms with Crippen molar-refractivity contribution in [3.63, 3.8) is 0 Å². The molecule has 1 aromatic carbocycles. The van der Waals surface area contributed by atoms with Crippen LogP contribution in [0, 0.1) is 20.8 Å². The molecule has 0 radical (unpaired) electrons. The van der Waals surface area contributed by atoms with Crippen molar-refractivity contribution in [3.8, 4) is 0 Å². The molecule has 1 unspecified atom stereocenters. The smallest absolute Gasteiger partial charge is 0.326 e. The number of nitrogens with one attached hydrogen (secondary N) is 1. The lowest BCUT2D eigenvalue weighted by Crippen LogP contribution is -2.40. The molecule has 2 N–H and O–H groups in total. The summed E-state index contributed by atoms with van der Waals surface area (Å²) >= 11 is 0. The van der Waals surface area contributed by atoms with Crippen molar-refractivity contribution < 1.29 is 19.1 Å². The zero-order valence-electron chi connectivity index (χ0n) is 13.8. The minimum atomic E-state index is -1.07. The van der Waals surface area contributed by atoms with Gasteiger partial charge in [0.25, 0.3) is 5.91 Å². The number of carboxylic acids is 1. The predicted octanol–water partition coefficient (Wildman–Crippen LogP) is 3.51. The Kier molecular flexibility index (Phi) is 4.89. The second kappa shape index (κ2) is 6.69. The van der Waals surface area contributed by atoms with Crippen LogP contribution in [0.3, 0.4) is 0 Å². The van der Waals surface area contributed by atoms with Crippen LogP contribution in [0.4, 0.5) is 0 Å². The van der Waals surface area contributed by atoms with Gasteiger partial charge >= 0.3 is 5.97 Å². The zero-order valence-corrected chi connectivity index (χ0v) is 13.8. The Balaban J connectivity index is 2.38. The molecule has 1 atom stereocenters. The maximum Gasteiger partial charge on any atom is 0.326 e. The average molecular weight is 315 g/mol. The van der Waals surface area contributed by atoms with Gasteiger partial charge in [-0.1, -0.05) is 24.3 Å². The number of benzene rings is 1. The third kappa shape index (κ3) is 3.28. The fourth-order valence-corrected chi connectivity index (χ4v) is 2.61. The fourth-order valence-electron chi connectivity index (χ4n) is 2.61. The van der Waals surface area contributed by atoms with Gasteiger partial charge in [0.15, 0.2) is 5.76 Å². The molecule has 0 fully saturated rings. The van der Waals surface area contributed by atoms with Crippen LogP contribution in [0.25, 0.3) is 11.0 Å². The third-order valence-electron chi connectivity index (χ3n) is 3.90. The van der Waals surface area contributed by atoms with Gasteiger partial charge in [0.05, 0.1) is 0 Å². The average Bonchev–Trinajstić information content (AvgIpc) is 2.86. The zero-order chi connectivity index (χ0) is 17.1. The molecule has 0 aliphatic carbocycles. The molecule has 0 saturated heterocycles. The number of carboxylic acid groups (broad SMARTS) is 1. The van der Waals surface area contributed by atoms with E-state index in [-0.39, 0.29) is 12.2 Å². The Morgan fingerprint density at radius 1 is 1.26 bits per heavy atom. The summed E-state index contributed by atoms with van der Waals surface area (Å²) in [6, 6.07) is 2.94. The number of carbonyl (C=O) groups excluding carboxylic acids is 1. The van der Waals surface area contributed by atoms with Gasteiger partial charge in [-0.05, 0) is 45.2 Å². The van der Waals surface area contributed by atoms with E-state index >= 15 is 0 Å². The van der Waals surface area contributed by atoms with Crippen molar-refractivity contribution in [1.29, 1.82) is 0 Å². The molecule has 1 heterocycles. The normalized spacial score (nSPS) is 12.7. The number of allylic oxidation sites excluding steroid dienone is 1. The van der Waals surface area contributed by atoms with E-state index in [2.05, 4.69) is 5.32 Å². The maximum absolute atomic E-state index is 12.4.